The Morgan fingerprint density at radius 2 is 0.576 bits per heavy atom. The smallest absolute Gasteiger partial charge is 1.00 e. The van der Waals surface area contributed by atoms with Crippen molar-refractivity contribution in [3.8, 4) is 47.4 Å². The molecule has 0 aliphatic heterocycles. The molecule has 4 nitrogen and oxygen atoms in total. The fraction of sp³-hybridized carbons (Fsp3) is 0.759. The van der Waals surface area contributed by atoms with Crippen LogP contribution in [0.5, 0.6) is 0 Å². The first-order chi connectivity index (χ1) is 32.1. The Bertz CT molecular complexity index is 1420. The van der Waals surface area contributed by atoms with E-state index in [4.69, 9.17) is 0 Å². The van der Waals surface area contributed by atoms with Crippen molar-refractivity contribution in [2.24, 2.45) is 14.1 Å². The maximum atomic E-state index is 3.23. The van der Waals surface area contributed by atoms with E-state index in [1.807, 2.05) is 0 Å². The SMILES string of the molecule is CCCCCCCCCCCCC#CC#CCCCCCCCCCn1cc[n+](C)c1.CCCCCCCCCCCCC#CC#CCCCCCCCCCn1cc[n+](C)c1.I[I-]I.[I-]. The number of hydrogen-bond acceptors (Lipinski definition) is 0. The third-order valence-corrected chi connectivity index (χ3v) is 11.9. The molecule has 0 aliphatic rings. The van der Waals surface area contributed by atoms with Gasteiger partial charge in [0.2, 0.25) is 12.7 Å². The summed E-state index contributed by atoms with van der Waals surface area (Å²) in [5.41, 5.74) is 0. The molecule has 2 heterocycles. The van der Waals surface area contributed by atoms with E-state index in [1.54, 1.807) is 0 Å². The van der Waals surface area contributed by atoms with E-state index in [2.05, 4.69) is 168 Å². The summed E-state index contributed by atoms with van der Waals surface area (Å²) in [6, 6.07) is 0. The Labute approximate surface area is 457 Å². The van der Waals surface area contributed by atoms with E-state index < -0.39 is 0 Å². The van der Waals surface area contributed by atoms with Gasteiger partial charge in [0.05, 0.1) is 27.2 Å². The second-order valence-electron chi connectivity index (χ2n) is 18.2. The van der Waals surface area contributed by atoms with Crippen LogP contribution in [0.4, 0.5) is 0 Å². The van der Waals surface area contributed by atoms with Crippen LogP contribution in [0.2, 0.25) is 0 Å². The standard InChI is InChI=1S/2C29H49N2.I3.HI/c2*1-3-4-5-6-7-8-9-10-11-12-13-14-15-16-17-18-19-20-21-22-23-24-25-26-31-28-27-30(2)29-31;1-3-2;/h2*27-29H,3-13,18-26H2,1-2H3;;1H/q2*+1;-1;/p-1. The first-order valence-corrected chi connectivity index (χ1v) is 39.4. The van der Waals surface area contributed by atoms with Crippen molar-refractivity contribution in [2.45, 2.75) is 271 Å². The van der Waals surface area contributed by atoms with Gasteiger partial charge >= 0.3 is 50.5 Å². The summed E-state index contributed by atoms with van der Waals surface area (Å²) in [4.78, 5) is 0. The molecule has 0 radical (unpaired) electrons. The molecule has 2 aromatic heterocycles. The molecular weight excluding hydrogens is 1260 g/mol. The van der Waals surface area contributed by atoms with Crippen molar-refractivity contribution < 1.29 is 46.4 Å². The summed E-state index contributed by atoms with van der Waals surface area (Å²) >= 11 is 5.30. The van der Waals surface area contributed by atoms with Crippen molar-refractivity contribution in [1.82, 2.24) is 9.13 Å². The number of halogens is 4. The van der Waals surface area contributed by atoms with Gasteiger partial charge in [0.1, 0.15) is 24.8 Å². The molecule has 0 N–H and O–H groups in total. The van der Waals surface area contributed by atoms with Crippen LogP contribution in [-0.2, 0) is 27.2 Å². The molecule has 0 aliphatic carbocycles. The summed E-state index contributed by atoms with van der Waals surface area (Å²) in [7, 11) is 4.15. The van der Waals surface area contributed by atoms with Crippen LogP contribution in [0.1, 0.15) is 258 Å². The minimum absolute atomic E-state index is 0. The van der Waals surface area contributed by atoms with Crippen LogP contribution in [0.3, 0.4) is 0 Å². The molecule has 8 heteroatoms. The van der Waals surface area contributed by atoms with Gasteiger partial charge in [0.25, 0.3) is 0 Å². The number of imidazole rings is 2. The zero-order valence-corrected chi connectivity index (χ0v) is 51.7. The third kappa shape index (κ3) is 54.5. The molecule has 0 amide bonds. The number of unbranched alkanes of at least 4 members (excludes halogenated alkanes) is 34. The fourth-order valence-corrected chi connectivity index (χ4v) is 7.88. The Morgan fingerprint density at radius 1 is 0.364 bits per heavy atom. The zero-order valence-electron chi connectivity index (χ0n) is 43.0. The fourth-order valence-electron chi connectivity index (χ4n) is 7.88. The molecule has 0 aromatic carbocycles. The molecule has 0 saturated heterocycles. The number of aromatic nitrogens is 4. The normalized spacial score (nSPS) is 10.1. The van der Waals surface area contributed by atoms with Crippen molar-refractivity contribution in [3.63, 3.8) is 0 Å². The number of aryl methyl sites for hydroxylation is 4. The minimum atomic E-state index is 0. The molecule has 0 atom stereocenters. The van der Waals surface area contributed by atoms with Gasteiger partial charge in [-0.2, -0.15) is 0 Å². The topological polar surface area (TPSA) is 17.6 Å². The van der Waals surface area contributed by atoms with E-state index in [1.165, 1.54) is 218 Å². The summed E-state index contributed by atoms with van der Waals surface area (Å²) in [5, 5.41) is 0. The quantitative estimate of drug-likeness (QED) is 0.0276. The zero-order chi connectivity index (χ0) is 47.2. The van der Waals surface area contributed by atoms with E-state index in [-0.39, 0.29) is 24.0 Å². The van der Waals surface area contributed by atoms with Crippen LogP contribution in [0.25, 0.3) is 0 Å². The van der Waals surface area contributed by atoms with Gasteiger partial charge in [0, 0.05) is 25.7 Å². The van der Waals surface area contributed by atoms with Gasteiger partial charge in [-0.05, 0) is 75.0 Å². The predicted molar refractivity (Wildman–Crippen MR) is 297 cm³/mol. The molecule has 0 saturated carbocycles. The van der Waals surface area contributed by atoms with Gasteiger partial charge in [-0.15, -0.1) is 0 Å². The maximum Gasteiger partial charge on any atom is -1.00 e. The van der Waals surface area contributed by atoms with Crippen LogP contribution < -0.4 is 46.4 Å². The average molecular weight is 1360 g/mol. The van der Waals surface area contributed by atoms with Crippen molar-refractivity contribution in [3.05, 3.63) is 37.4 Å². The van der Waals surface area contributed by atoms with Crippen molar-refractivity contribution >= 4 is 37.2 Å². The van der Waals surface area contributed by atoms with Crippen LogP contribution in [0, 0.1) is 47.4 Å². The van der Waals surface area contributed by atoms with Gasteiger partial charge < -0.3 is 24.0 Å². The average Bonchev–Trinajstić information content (AvgIpc) is 3.93. The first-order valence-electron chi connectivity index (χ1n) is 26.9. The summed E-state index contributed by atoms with van der Waals surface area (Å²) in [6.45, 7) is 6.87. The van der Waals surface area contributed by atoms with Crippen LogP contribution in [-0.4, -0.2) is 9.13 Å². The Kier molecular flexibility index (Phi) is 60.4. The molecule has 2 aromatic rings. The van der Waals surface area contributed by atoms with E-state index in [9.17, 15) is 0 Å². The van der Waals surface area contributed by atoms with Gasteiger partial charge in [-0.3, -0.25) is 0 Å². The molecular formula is C58H98I4N4. The molecule has 0 fully saturated rings. The monoisotopic (exact) mass is 1360 g/mol. The van der Waals surface area contributed by atoms with Gasteiger partial charge in [-0.1, -0.05) is 204 Å². The molecule has 0 bridgehead atoms. The van der Waals surface area contributed by atoms with Crippen molar-refractivity contribution in [2.75, 3.05) is 0 Å². The van der Waals surface area contributed by atoms with Gasteiger partial charge in [0.15, 0.2) is 0 Å². The van der Waals surface area contributed by atoms with Gasteiger partial charge in [-0.25, -0.2) is 18.3 Å². The second kappa shape index (κ2) is 58.9. The number of rotatable bonds is 38. The van der Waals surface area contributed by atoms with E-state index in [0.717, 1.165) is 38.8 Å². The Hall–Kier alpha value is -0.420. The number of nitrogens with zero attached hydrogens (tertiary/aromatic N) is 4. The third-order valence-electron chi connectivity index (χ3n) is 11.9. The van der Waals surface area contributed by atoms with E-state index >= 15 is 0 Å². The minimum Gasteiger partial charge on any atom is -1.00 e. The van der Waals surface area contributed by atoms with E-state index in [0.29, 0.717) is 13.3 Å². The molecule has 0 spiro atoms. The predicted octanol–water partition coefficient (Wildman–Crippen LogP) is 11.3. The molecule has 378 valence electrons. The molecule has 66 heavy (non-hydrogen) atoms. The molecule has 2 rings (SSSR count). The second-order valence-corrected chi connectivity index (χ2v) is 34.5. The Morgan fingerprint density at radius 3 is 0.788 bits per heavy atom. The maximum absolute atomic E-state index is 3.23. The summed E-state index contributed by atoms with van der Waals surface area (Å²) < 4.78 is 8.76. The van der Waals surface area contributed by atoms with Crippen molar-refractivity contribution in [1.29, 1.82) is 0 Å². The van der Waals surface area contributed by atoms with Crippen LogP contribution in [0.15, 0.2) is 37.4 Å². The van der Waals surface area contributed by atoms with Crippen LogP contribution >= 0.6 is 37.2 Å². The number of hydrogen-bond donors (Lipinski definition) is 0. The summed E-state index contributed by atoms with van der Waals surface area (Å²) in [6.07, 6.45) is 63.1. The largest absolute Gasteiger partial charge is 1.00 e. The Balaban J connectivity index is 0. The first kappa shape index (κ1) is 67.7. The molecule has 0 unspecified atom stereocenters. The summed E-state index contributed by atoms with van der Waals surface area (Å²) in [5.74, 6) is 25.1.